The molecule has 1 aromatic heterocycles. The Hall–Kier alpha value is -1.98. The maximum atomic E-state index is 12.7. The number of hydrogen-bond acceptors (Lipinski definition) is 3. The van der Waals surface area contributed by atoms with Crippen LogP contribution in [-0.2, 0) is 4.79 Å². The molecule has 0 aliphatic carbocycles. The van der Waals surface area contributed by atoms with Gasteiger partial charge in [-0.1, -0.05) is 0 Å². The summed E-state index contributed by atoms with van der Waals surface area (Å²) in [6.07, 6.45) is 1.40. The largest absolute Gasteiger partial charge is 0.359 e. The first-order valence-electron chi connectivity index (χ1n) is 4.74. The van der Waals surface area contributed by atoms with Gasteiger partial charge in [-0.2, -0.15) is 4.39 Å². The molecule has 0 atom stereocenters. The molecule has 2 N–H and O–H groups in total. The van der Waals surface area contributed by atoms with Gasteiger partial charge in [0.2, 0.25) is 11.9 Å². The van der Waals surface area contributed by atoms with Crippen molar-refractivity contribution in [2.45, 2.75) is 6.42 Å². The van der Waals surface area contributed by atoms with E-state index in [0.29, 0.717) is 0 Å². The van der Waals surface area contributed by atoms with Crippen LogP contribution in [0.5, 0.6) is 0 Å². The summed E-state index contributed by atoms with van der Waals surface area (Å²) in [7, 11) is 1.52. The lowest BCUT2D eigenvalue weighted by Crippen LogP contribution is -2.29. The normalized spacial score (nSPS) is 9.62. The highest BCUT2D eigenvalue weighted by atomic mass is 19.1. The van der Waals surface area contributed by atoms with Crippen LogP contribution in [0.4, 0.5) is 4.39 Å². The summed E-state index contributed by atoms with van der Waals surface area (Å²) in [4.78, 5) is 25.6. The van der Waals surface area contributed by atoms with Crippen LogP contribution in [0.2, 0.25) is 0 Å². The van der Waals surface area contributed by atoms with Crippen LogP contribution < -0.4 is 10.6 Å². The van der Waals surface area contributed by atoms with Crippen molar-refractivity contribution in [3.05, 3.63) is 29.8 Å². The highest BCUT2D eigenvalue weighted by molar-refractivity contribution is 5.94. The third-order valence-electron chi connectivity index (χ3n) is 1.91. The highest BCUT2D eigenvalue weighted by Crippen LogP contribution is 1.99. The Kier molecular flexibility index (Phi) is 4.38. The van der Waals surface area contributed by atoms with Crippen LogP contribution in [0.3, 0.4) is 0 Å². The van der Waals surface area contributed by atoms with Gasteiger partial charge < -0.3 is 10.6 Å². The quantitative estimate of drug-likeness (QED) is 0.713. The number of rotatable bonds is 4. The van der Waals surface area contributed by atoms with Gasteiger partial charge in [-0.25, -0.2) is 4.98 Å². The molecule has 0 saturated heterocycles. The van der Waals surface area contributed by atoms with Gasteiger partial charge in [0.1, 0.15) is 0 Å². The SMILES string of the molecule is CNC(=O)CCNC(=O)c1ccnc(F)c1. The summed E-state index contributed by atoms with van der Waals surface area (Å²) < 4.78 is 12.7. The Morgan fingerprint density at radius 1 is 1.50 bits per heavy atom. The van der Waals surface area contributed by atoms with Crippen LogP contribution in [0.25, 0.3) is 0 Å². The minimum atomic E-state index is -0.709. The maximum Gasteiger partial charge on any atom is 0.251 e. The molecule has 0 spiro atoms. The van der Waals surface area contributed by atoms with Gasteiger partial charge in [0.15, 0.2) is 0 Å². The van der Waals surface area contributed by atoms with Crippen molar-refractivity contribution in [1.82, 2.24) is 15.6 Å². The number of aromatic nitrogens is 1. The number of nitrogens with one attached hydrogen (secondary N) is 2. The first kappa shape index (κ1) is 12.1. The number of nitrogens with zero attached hydrogens (tertiary/aromatic N) is 1. The number of hydrogen-bond donors (Lipinski definition) is 2. The topological polar surface area (TPSA) is 71.1 Å². The molecule has 0 aliphatic heterocycles. The Bertz CT molecular complexity index is 395. The molecule has 1 rings (SSSR count). The van der Waals surface area contributed by atoms with E-state index >= 15 is 0 Å². The first-order valence-corrected chi connectivity index (χ1v) is 4.74. The average molecular weight is 225 g/mol. The molecule has 0 aromatic carbocycles. The van der Waals surface area contributed by atoms with Crippen LogP contribution in [0, 0.1) is 5.95 Å². The molecule has 0 aliphatic rings. The Balaban J connectivity index is 2.44. The van der Waals surface area contributed by atoms with E-state index in [1.54, 1.807) is 0 Å². The second-order valence-electron chi connectivity index (χ2n) is 3.05. The van der Waals surface area contributed by atoms with Crippen molar-refractivity contribution in [3.8, 4) is 0 Å². The van der Waals surface area contributed by atoms with Crippen LogP contribution in [0.1, 0.15) is 16.8 Å². The molecule has 0 saturated carbocycles. The molecular formula is C10H12FN3O2. The smallest absolute Gasteiger partial charge is 0.251 e. The molecular weight excluding hydrogens is 213 g/mol. The minimum Gasteiger partial charge on any atom is -0.359 e. The van der Waals surface area contributed by atoms with Gasteiger partial charge in [-0.15, -0.1) is 0 Å². The predicted octanol–water partition coefficient (Wildman–Crippen LogP) is 0.0866. The molecule has 1 heterocycles. The van der Waals surface area contributed by atoms with Gasteiger partial charge in [0, 0.05) is 37.8 Å². The molecule has 6 heteroatoms. The van der Waals surface area contributed by atoms with E-state index in [2.05, 4.69) is 15.6 Å². The van der Waals surface area contributed by atoms with Gasteiger partial charge in [0.05, 0.1) is 0 Å². The van der Waals surface area contributed by atoms with Gasteiger partial charge in [-0.3, -0.25) is 9.59 Å². The van der Waals surface area contributed by atoms with Crippen molar-refractivity contribution >= 4 is 11.8 Å². The zero-order chi connectivity index (χ0) is 12.0. The van der Waals surface area contributed by atoms with Crippen molar-refractivity contribution in [3.63, 3.8) is 0 Å². The van der Waals surface area contributed by atoms with Crippen LogP contribution in [0.15, 0.2) is 18.3 Å². The molecule has 0 unspecified atom stereocenters. The van der Waals surface area contributed by atoms with E-state index in [-0.39, 0.29) is 24.4 Å². The molecule has 0 fully saturated rings. The lowest BCUT2D eigenvalue weighted by atomic mass is 10.2. The van der Waals surface area contributed by atoms with Gasteiger partial charge in [0.25, 0.3) is 5.91 Å². The molecule has 86 valence electrons. The second kappa shape index (κ2) is 5.79. The van der Waals surface area contributed by atoms with Crippen molar-refractivity contribution < 1.29 is 14.0 Å². The fraction of sp³-hybridized carbons (Fsp3) is 0.300. The lowest BCUT2D eigenvalue weighted by molar-refractivity contribution is -0.120. The van der Waals surface area contributed by atoms with Crippen molar-refractivity contribution in [2.24, 2.45) is 0 Å². The molecule has 1 aromatic rings. The van der Waals surface area contributed by atoms with E-state index in [9.17, 15) is 14.0 Å². The van der Waals surface area contributed by atoms with Gasteiger partial charge >= 0.3 is 0 Å². The lowest BCUT2D eigenvalue weighted by Gasteiger charge is -2.04. The fourth-order valence-corrected chi connectivity index (χ4v) is 1.06. The predicted molar refractivity (Wildman–Crippen MR) is 55.2 cm³/mol. The Labute approximate surface area is 92.1 Å². The summed E-state index contributed by atoms with van der Waals surface area (Å²) in [5.74, 6) is -1.30. The molecule has 2 amide bonds. The Morgan fingerprint density at radius 3 is 2.88 bits per heavy atom. The average Bonchev–Trinajstić information content (AvgIpc) is 2.28. The van der Waals surface area contributed by atoms with Crippen molar-refractivity contribution in [1.29, 1.82) is 0 Å². The van der Waals surface area contributed by atoms with Crippen LogP contribution >= 0.6 is 0 Å². The molecule has 16 heavy (non-hydrogen) atoms. The summed E-state index contributed by atoms with van der Waals surface area (Å²) in [6, 6.07) is 2.44. The van der Waals surface area contributed by atoms with E-state index < -0.39 is 11.9 Å². The molecule has 0 radical (unpaired) electrons. The summed E-state index contributed by atoms with van der Waals surface area (Å²) in [6.45, 7) is 0.211. The number of halogens is 1. The third kappa shape index (κ3) is 3.64. The fourth-order valence-electron chi connectivity index (χ4n) is 1.06. The maximum absolute atomic E-state index is 12.7. The first-order chi connectivity index (χ1) is 7.63. The zero-order valence-corrected chi connectivity index (χ0v) is 8.79. The number of pyridine rings is 1. The number of carbonyl (C=O) groups excluding carboxylic acids is 2. The molecule has 5 nitrogen and oxygen atoms in total. The van der Waals surface area contributed by atoms with E-state index in [1.807, 2.05) is 0 Å². The minimum absolute atomic E-state index is 0.166. The number of carbonyl (C=O) groups is 2. The van der Waals surface area contributed by atoms with E-state index in [1.165, 1.54) is 19.3 Å². The second-order valence-corrected chi connectivity index (χ2v) is 3.05. The standard InChI is InChI=1S/C10H12FN3O2/c1-12-9(15)3-5-14-10(16)7-2-4-13-8(11)6-7/h2,4,6H,3,5H2,1H3,(H,12,15)(H,14,16). The highest BCUT2D eigenvalue weighted by Gasteiger charge is 2.06. The van der Waals surface area contributed by atoms with Crippen LogP contribution in [-0.4, -0.2) is 30.4 Å². The zero-order valence-electron chi connectivity index (χ0n) is 8.79. The third-order valence-corrected chi connectivity index (χ3v) is 1.91. The van der Waals surface area contributed by atoms with Gasteiger partial charge in [-0.05, 0) is 6.07 Å². The summed E-state index contributed by atoms with van der Waals surface area (Å²) in [5, 5.41) is 4.92. The van der Waals surface area contributed by atoms with E-state index in [4.69, 9.17) is 0 Å². The monoisotopic (exact) mass is 225 g/mol. The number of amides is 2. The Morgan fingerprint density at radius 2 is 2.25 bits per heavy atom. The van der Waals surface area contributed by atoms with E-state index in [0.717, 1.165) is 6.07 Å². The molecule has 0 bridgehead atoms. The van der Waals surface area contributed by atoms with Crippen molar-refractivity contribution in [2.75, 3.05) is 13.6 Å². The summed E-state index contributed by atoms with van der Waals surface area (Å²) in [5.41, 5.74) is 0.185. The summed E-state index contributed by atoms with van der Waals surface area (Å²) >= 11 is 0.